The Morgan fingerprint density at radius 1 is 1.02 bits per heavy atom. The zero-order chi connectivity index (χ0) is 39.4. The summed E-state index contributed by atoms with van der Waals surface area (Å²) in [6, 6.07) is 12.9. The maximum Gasteiger partial charge on any atom is 0.316 e. The van der Waals surface area contributed by atoms with E-state index in [2.05, 4.69) is 20.8 Å². The molecule has 6 bridgehead atoms. The predicted molar refractivity (Wildman–Crippen MR) is 198 cm³/mol. The topological polar surface area (TPSA) is 199 Å². The maximum atomic E-state index is 14.5. The van der Waals surface area contributed by atoms with Gasteiger partial charge in [-0.3, -0.25) is 19.1 Å². The summed E-state index contributed by atoms with van der Waals surface area (Å²) in [4.78, 5) is 53.3. The summed E-state index contributed by atoms with van der Waals surface area (Å²) in [7, 11) is -4.12. The van der Waals surface area contributed by atoms with Gasteiger partial charge in [-0.05, 0) is 68.2 Å². The van der Waals surface area contributed by atoms with Gasteiger partial charge in [-0.1, -0.05) is 49.3 Å². The fourth-order valence-electron chi connectivity index (χ4n) is 7.54. The molecule has 296 valence electrons. The van der Waals surface area contributed by atoms with Gasteiger partial charge in [0.2, 0.25) is 40.0 Å². The normalized spacial score (nSPS) is 25.4. The first kappa shape index (κ1) is 37.7. The molecule has 4 aromatic rings. The van der Waals surface area contributed by atoms with Crippen LogP contribution in [0.15, 0.2) is 52.9 Å². The maximum absolute atomic E-state index is 14.5. The van der Waals surface area contributed by atoms with E-state index in [0.717, 1.165) is 30.4 Å². The number of ether oxygens (including phenoxy) is 1. The molecular weight excluding hydrogens is 751 g/mol. The third-order valence-corrected chi connectivity index (χ3v) is 12.7. The van der Waals surface area contributed by atoms with Crippen LogP contribution in [0.25, 0.3) is 22.3 Å². The molecule has 1 saturated heterocycles. The smallest absolute Gasteiger partial charge is 0.316 e. The Bertz CT molecular complexity index is 2290. The number of amides is 3. The summed E-state index contributed by atoms with van der Waals surface area (Å²) in [6.07, 6.45) is -0.916. The Morgan fingerprint density at radius 3 is 2.48 bits per heavy atom. The number of carbonyl (C=O) groups is 3. The lowest BCUT2D eigenvalue weighted by atomic mass is 10.0. The van der Waals surface area contributed by atoms with E-state index in [0.29, 0.717) is 41.9 Å². The Labute approximate surface area is 321 Å². The van der Waals surface area contributed by atoms with Crippen LogP contribution in [-0.2, 0) is 37.2 Å². The SMILES string of the molecule is CC(C)[C@@H]1Nc2nnc(o2)CCCCc2cccc(c2)-c2nc3ccccc3nc2O[C@@H]2C[C@@H](C(=O)N[C@]3(C(=O)NS(=O)(=O)C4CC4)C[C@H]3C(F)F)N(C2)C1=O. The van der Waals surface area contributed by atoms with Crippen LogP contribution in [0.5, 0.6) is 5.88 Å². The Hall–Kier alpha value is -5.26. The molecule has 3 N–H and O–H groups in total. The zero-order valence-electron chi connectivity index (χ0n) is 30.8. The van der Waals surface area contributed by atoms with Crippen LogP contribution in [0.2, 0.25) is 0 Å². The van der Waals surface area contributed by atoms with Crippen molar-refractivity contribution in [3.8, 4) is 17.1 Å². The summed E-state index contributed by atoms with van der Waals surface area (Å²) in [5, 5.41) is 13.0. The molecule has 2 aliphatic heterocycles. The van der Waals surface area contributed by atoms with Crippen molar-refractivity contribution in [3.63, 3.8) is 0 Å². The van der Waals surface area contributed by atoms with E-state index in [1.54, 1.807) is 19.9 Å². The molecule has 15 nitrogen and oxygen atoms in total. The molecule has 0 spiro atoms. The number of nitrogens with one attached hydrogen (secondary N) is 3. The Morgan fingerprint density at radius 2 is 1.77 bits per heavy atom. The van der Waals surface area contributed by atoms with Crippen LogP contribution in [-0.4, -0.2) is 93.2 Å². The minimum Gasteiger partial charge on any atom is -0.471 e. The second-order valence-electron chi connectivity index (χ2n) is 15.4. The van der Waals surface area contributed by atoms with Gasteiger partial charge in [-0.2, -0.15) is 0 Å². The molecule has 8 rings (SSSR count). The largest absolute Gasteiger partial charge is 0.471 e. The highest BCUT2D eigenvalue weighted by molar-refractivity contribution is 7.91. The van der Waals surface area contributed by atoms with Gasteiger partial charge >= 0.3 is 6.01 Å². The number of hydrogen-bond donors (Lipinski definition) is 3. The first-order chi connectivity index (χ1) is 26.8. The number of anilines is 1. The van der Waals surface area contributed by atoms with Crippen molar-refractivity contribution in [1.82, 2.24) is 35.1 Å². The van der Waals surface area contributed by atoms with Gasteiger partial charge in [0.05, 0.1) is 28.7 Å². The van der Waals surface area contributed by atoms with Crippen LogP contribution in [0, 0.1) is 11.8 Å². The lowest BCUT2D eigenvalue weighted by Gasteiger charge is -2.31. The molecule has 0 unspecified atom stereocenters. The number of aromatic nitrogens is 4. The van der Waals surface area contributed by atoms with E-state index in [1.807, 2.05) is 47.2 Å². The minimum atomic E-state index is -4.12. The van der Waals surface area contributed by atoms with Crippen molar-refractivity contribution < 1.29 is 40.7 Å². The zero-order valence-corrected chi connectivity index (χ0v) is 31.6. The van der Waals surface area contributed by atoms with Crippen LogP contribution >= 0.6 is 0 Å². The highest BCUT2D eigenvalue weighted by Gasteiger charge is 2.66. The minimum absolute atomic E-state index is 0.0204. The fourth-order valence-corrected chi connectivity index (χ4v) is 8.91. The van der Waals surface area contributed by atoms with Crippen molar-refractivity contribution in [3.05, 3.63) is 60.0 Å². The van der Waals surface area contributed by atoms with Crippen LogP contribution < -0.4 is 20.1 Å². The number of alkyl halides is 2. The Balaban J connectivity index is 1.16. The quantitative estimate of drug-likeness (QED) is 0.245. The average Bonchev–Trinajstić information content (AvgIpc) is 4.07. The van der Waals surface area contributed by atoms with Gasteiger partial charge < -0.3 is 24.7 Å². The molecule has 2 aliphatic carbocycles. The monoisotopic (exact) mass is 792 g/mol. The molecule has 2 aromatic carbocycles. The Kier molecular flexibility index (Phi) is 9.87. The number of nitrogens with zero attached hydrogens (tertiary/aromatic N) is 5. The third-order valence-electron chi connectivity index (χ3n) is 10.9. The lowest BCUT2D eigenvalue weighted by molar-refractivity contribution is -0.141. The van der Waals surface area contributed by atoms with Gasteiger partial charge in [-0.25, -0.2) is 27.2 Å². The van der Waals surface area contributed by atoms with Gasteiger partial charge in [0.15, 0.2) is 0 Å². The van der Waals surface area contributed by atoms with Gasteiger partial charge in [0, 0.05) is 18.4 Å². The number of carbonyl (C=O) groups excluding carboxylic acids is 3. The van der Waals surface area contributed by atoms with Crippen LogP contribution in [0.3, 0.4) is 0 Å². The van der Waals surface area contributed by atoms with E-state index in [4.69, 9.17) is 19.1 Å². The molecule has 3 amide bonds. The number of aryl methyl sites for hydroxylation is 2. The molecular formula is C38H42F2N8O7S. The van der Waals surface area contributed by atoms with Crippen molar-refractivity contribution >= 4 is 44.8 Å². The summed E-state index contributed by atoms with van der Waals surface area (Å²) >= 11 is 0. The lowest BCUT2D eigenvalue weighted by Crippen LogP contribution is -2.58. The van der Waals surface area contributed by atoms with Crippen molar-refractivity contribution in [1.29, 1.82) is 0 Å². The molecule has 2 saturated carbocycles. The highest BCUT2D eigenvalue weighted by Crippen LogP contribution is 2.48. The fraction of sp³-hybridized carbons (Fsp3) is 0.500. The number of halogens is 2. The number of hydrogen-bond acceptors (Lipinski definition) is 12. The van der Waals surface area contributed by atoms with E-state index >= 15 is 0 Å². The number of sulfonamides is 1. The summed E-state index contributed by atoms with van der Waals surface area (Å²) < 4.78 is 68.1. The molecule has 2 aromatic heterocycles. The molecule has 56 heavy (non-hydrogen) atoms. The van der Waals surface area contributed by atoms with Gasteiger partial charge in [-0.15, -0.1) is 5.10 Å². The number of rotatable bonds is 7. The van der Waals surface area contributed by atoms with E-state index < -0.39 is 75.5 Å². The molecule has 3 fully saturated rings. The second-order valence-corrected chi connectivity index (χ2v) is 17.4. The molecule has 18 heteroatoms. The van der Waals surface area contributed by atoms with Crippen molar-refractivity contribution in [2.45, 2.75) is 101 Å². The molecule has 4 aliphatic rings. The number of benzene rings is 2. The van der Waals surface area contributed by atoms with Crippen LogP contribution in [0.1, 0.15) is 63.8 Å². The summed E-state index contributed by atoms with van der Waals surface area (Å²) in [5.41, 5.74) is 1.27. The van der Waals surface area contributed by atoms with Crippen LogP contribution in [0.4, 0.5) is 14.8 Å². The van der Waals surface area contributed by atoms with Crippen molar-refractivity contribution in [2.24, 2.45) is 11.8 Å². The number of fused-ring (bicyclic) bond motifs is 9. The summed E-state index contributed by atoms with van der Waals surface area (Å²) in [5.74, 6) is -4.11. The van der Waals surface area contributed by atoms with E-state index in [9.17, 15) is 31.6 Å². The van der Waals surface area contributed by atoms with Gasteiger partial charge in [0.1, 0.15) is 29.4 Å². The number of para-hydroxylation sites is 2. The highest BCUT2D eigenvalue weighted by atomic mass is 32.2. The second kappa shape index (κ2) is 14.7. The van der Waals surface area contributed by atoms with Gasteiger partial charge in [0.25, 0.3) is 5.91 Å². The first-order valence-electron chi connectivity index (χ1n) is 18.9. The third kappa shape index (κ3) is 7.50. The average molecular weight is 793 g/mol. The van der Waals surface area contributed by atoms with E-state index in [1.165, 1.54) is 4.90 Å². The standard InChI is InChI=1S/C38H42F2N8O7S/c1-20(2)30-35(50)48-19-23(17-28(48)33(49)44-38(18-25(38)32(39)40)36(51)47-56(52,53)24-14-15-24)54-34-31(41-26-11-4-5-12-27(26)42-34)22-10-7-9-21(16-22)8-3-6-13-29-45-46-37(43-30)55-29/h4-5,7,9-12,16,20,23-25,28,30,32H,3,6,8,13-15,17-19H2,1-2H3,(H,43,46)(H,44,49)(H,47,51)/t23-,25+,28+,30+,38-/m1/s1. The predicted octanol–water partition coefficient (Wildman–Crippen LogP) is 3.79. The van der Waals surface area contributed by atoms with Crippen molar-refractivity contribution in [2.75, 3.05) is 11.9 Å². The first-order valence-corrected chi connectivity index (χ1v) is 20.4. The van der Waals surface area contributed by atoms with E-state index in [-0.39, 0.29) is 30.8 Å². The molecule has 5 atom stereocenters. The molecule has 4 heterocycles. The molecule has 0 radical (unpaired) electrons. The summed E-state index contributed by atoms with van der Waals surface area (Å²) in [6.45, 7) is 3.46.